The third-order valence-electron chi connectivity index (χ3n) is 21.9. The molecule has 6 fully saturated rings. The number of hydrogen-bond donors (Lipinski definition) is 14. The highest BCUT2D eigenvalue weighted by Crippen LogP contribution is 2.53. The summed E-state index contributed by atoms with van der Waals surface area (Å²) in [6.07, 6.45) is -12.6. The van der Waals surface area contributed by atoms with Crippen LogP contribution in [0.1, 0.15) is 203 Å². The van der Waals surface area contributed by atoms with E-state index in [-0.39, 0.29) is 141 Å². The molecule has 746 valence electrons. The quantitative estimate of drug-likeness (QED) is 0.0267. The highest BCUT2D eigenvalue weighted by Gasteiger charge is 2.49. The minimum atomic E-state index is -5.10. The largest absolute Gasteiger partial charge is 0.472 e. The van der Waals surface area contributed by atoms with E-state index in [9.17, 15) is 108 Å². The van der Waals surface area contributed by atoms with Crippen molar-refractivity contribution in [2.75, 3.05) is 119 Å². The molecule has 0 saturated carbocycles. The highest BCUT2D eigenvalue weighted by molar-refractivity contribution is 7.48. The fraction of sp³-hybridized carbons (Fsp3) is 0.961. The Labute approximate surface area is 741 Å². The number of carbonyl (C=O) groups excluding carboxylic acids is 3. The van der Waals surface area contributed by atoms with Crippen LogP contribution in [0, 0.1) is 23.7 Å². The molecule has 50 heteroatoms. The van der Waals surface area contributed by atoms with Gasteiger partial charge in [-0.1, -0.05) is 85.5 Å². The summed E-state index contributed by atoms with van der Waals surface area (Å²) in [6, 6.07) is 0. The number of ketones is 3. The van der Waals surface area contributed by atoms with Gasteiger partial charge in [0.1, 0.15) is 80.9 Å². The van der Waals surface area contributed by atoms with Gasteiger partial charge in [-0.3, -0.25) is 59.6 Å². The number of ether oxygens (including phenoxy) is 13. The summed E-state index contributed by atoms with van der Waals surface area (Å²) in [4.78, 5) is 91.4. The van der Waals surface area contributed by atoms with Crippen LogP contribution in [0.2, 0.25) is 0 Å². The van der Waals surface area contributed by atoms with Gasteiger partial charge in [0.2, 0.25) is 0 Å². The van der Waals surface area contributed by atoms with Crippen molar-refractivity contribution >= 4 is 56.5 Å². The molecule has 0 aliphatic carbocycles. The van der Waals surface area contributed by atoms with E-state index in [1.54, 1.807) is 27.7 Å². The average Bonchev–Trinajstić information content (AvgIpc) is 1.74. The lowest BCUT2D eigenvalue weighted by Gasteiger charge is -2.41. The van der Waals surface area contributed by atoms with Gasteiger partial charge in [-0.15, -0.1) is 0 Å². The SMILES string of the molecule is CC1[C@H](OCC(=O)CCCCCCCO[C@H]2C[C@@H](OP(=O)(O)OCCCOC(C)(C)C)C(COP(=O)(O)OCCCOP(=O)(O)O[C@@H]3C[C@H](OCCCCCCCC(=O)CO[C@@H]4OC(CO)[C@H](O)[C@H](O)C4C)OC3COP(=O)(O)OCCCOP(=O)(O)OC3C[C@H](OCCCCCCCC(=O)CO[C@@H]4OC(CO)[C@H](O)[C@H](O)C4C)O[C@@H]3CO)O2)OC(CO)[C@H](C)[C@@H]1O. The second kappa shape index (κ2) is 58.4. The third-order valence-corrected chi connectivity index (χ3v) is 27.0. The molecule has 0 amide bonds. The molecule has 14 N–H and O–H groups in total. The first kappa shape index (κ1) is 114. The van der Waals surface area contributed by atoms with Gasteiger partial charge in [-0.25, -0.2) is 22.8 Å². The van der Waals surface area contributed by atoms with Crippen molar-refractivity contribution in [2.45, 2.75) is 331 Å². The maximum atomic E-state index is 13.5. The fourth-order valence-corrected chi connectivity index (χ4v) is 18.9. The highest BCUT2D eigenvalue weighted by atomic mass is 31.2. The number of unbranched alkanes of at least 4 members (excludes halogenated alkanes) is 12. The van der Waals surface area contributed by atoms with Gasteiger partial charge in [0.15, 0.2) is 55.1 Å². The van der Waals surface area contributed by atoms with Crippen LogP contribution in [0.4, 0.5) is 0 Å². The lowest BCUT2D eigenvalue weighted by molar-refractivity contribution is -0.280. The number of hydrogen-bond acceptors (Lipinski definition) is 40. The summed E-state index contributed by atoms with van der Waals surface area (Å²) in [6.45, 7) is 5.97. The molecule has 0 radical (unpaired) electrons. The average molecular weight is 1940 g/mol. The Morgan fingerprint density at radius 3 is 0.921 bits per heavy atom. The van der Waals surface area contributed by atoms with Gasteiger partial charge in [0.25, 0.3) is 0 Å². The second-order valence-corrected chi connectivity index (χ2v) is 40.7. The van der Waals surface area contributed by atoms with E-state index in [2.05, 4.69) is 0 Å². The summed E-state index contributed by atoms with van der Waals surface area (Å²) in [5.74, 6) is -2.55. The zero-order chi connectivity index (χ0) is 93.6. The van der Waals surface area contributed by atoms with E-state index < -0.39 is 245 Å². The van der Waals surface area contributed by atoms with Crippen molar-refractivity contribution in [3.8, 4) is 0 Å². The molecule has 6 saturated heterocycles. The molecule has 0 aromatic rings. The second-order valence-electron chi connectivity index (χ2n) is 33.5. The number of phosphoric acid groups is 5. The van der Waals surface area contributed by atoms with Gasteiger partial charge >= 0.3 is 39.1 Å². The van der Waals surface area contributed by atoms with E-state index in [0.717, 1.165) is 25.7 Å². The Hall–Kier alpha value is -1.32. The predicted molar refractivity (Wildman–Crippen MR) is 440 cm³/mol. The van der Waals surface area contributed by atoms with Crippen LogP contribution in [0.25, 0.3) is 0 Å². The molecule has 6 aliphatic heterocycles. The smallest absolute Gasteiger partial charge is 0.394 e. The number of aliphatic hydroxyl groups excluding tert-OH is 9. The van der Waals surface area contributed by atoms with Crippen LogP contribution >= 0.6 is 39.1 Å². The van der Waals surface area contributed by atoms with E-state index in [1.165, 1.54) is 0 Å². The fourth-order valence-electron chi connectivity index (χ4n) is 14.4. The van der Waals surface area contributed by atoms with E-state index in [4.69, 9.17) is 107 Å². The van der Waals surface area contributed by atoms with Gasteiger partial charge in [-0.05, 0) is 78.6 Å². The van der Waals surface area contributed by atoms with Gasteiger partial charge in [0.05, 0.1) is 103 Å². The minimum absolute atomic E-state index is 0.0535. The molecule has 0 aromatic heterocycles. The first-order valence-electron chi connectivity index (χ1n) is 43.9. The summed E-state index contributed by atoms with van der Waals surface area (Å²) >= 11 is 0. The molecule has 0 bridgehead atoms. The monoisotopic (exact) mass is 1940 g/mol. The molecule has 6 heterocycles. The first-order chi connectivity index (χ1) is 60.1. The molecule has 0 aromatic carbocycles. The Balaban J connectivity index is 0.914. The van der Waals surface area contributed by atoms with Crippen molar-refractivity contribution in [3.63, 3.8) is 0 Å². The lowest BCUT2D eigenvalue weighted by Crippen LogP contribution is -2.55. The zero-order valence-corrected chi connectivity index (χ0v) is 78.2. The molecule has 14 unspecified atom stereocenters. The van der Waals surface area contributed by atoms with Crippen molar-refractivity contribution in [3.05, 3.63) is 0 Å². The maximum Gasteiger partial charge on any atom is 0.472 e. The van der Waals surface area contributed by atoms with Crippen LogP contribution in [0.5, 0.6) is 0 Å². The summed E-state index contributed by atoms with van der Waals surface area (Å²) in [7, 11) is -24.7. The van der Waals surface area contributed by atoms with Gasteiger partial charge in [-0.2, -0.15) is 0 Å². The van der Waals surface area contributed by atoms with Crippen LogP contribution < -0.4 is 0 Å². The zero-order valence-electron chi connectivity index (χ0n) is 73.7. The third kappa shape index (κ3) is 43.5. The number of rotatable bonds is 69. The van der Waals surface area contributed by atoms with Crippen LogP contribution in [-0.4, -0.2) is 335 Å². The maximum absolute atomic E-state index is 13.5. The molecular formula is C77H143O45P5. The summed E-state index contributed by atoms with van der Waals surface area (Å²) in [5.41, 5.74) is -0.478. The topological polar surface area (TPSA) is 632 Å². The van der Waals surface area contributed by atoms with Crippen LogP contribution in [0.3, 0.4) is 0 Å². The first-order valence-corrected chi connectivity index (χ1v) is 51.4. The van der Waals surface area contributed by atoms with E-state index >= 15 is 0 Å². The molecule has 6 rings (SSSR count). The van der Waals surface area contributed by atoms with E-state index in [0.29, 0.717) is 70.6 Å². The Morgan fingerprint density at radius 2 is 0.591 bits per heavy atom. The van der Waals surface area contributed by atoms with Crippen LogP contribution in [-0.2, 0) is 144 Å². The Bertz CT molecular complexity index is 3350. The van der Waals surface area contributed by atoms with Gasteiger partial charge < -0.3 is 132 Å². The molecule has 0 spiro atoms. The molecular weight excluding hydrogens is 1800 g/mol. The minimum Gasteiger partial charge on any atom is -0.394 e. The van der Waals surface area contributed by atoms with Gasteiger partial charge in [0, 0.05) is 88.6 Å². The van der Waals surface area contributed by atoms with Crippen molar-refractivity contribution in [1.82, 2.24) is 0 Å². The van der Waals surface area contributed by atoms with Crippen molar-refractivity contribution in [2.24, 2.45) is 23.7 Å². The summed E-state index contributed by atoms with van der Waals surface area (Å²) < 4.78 is 193. The molecule has 127 heavy (non-hydrogen) atoms. The molecule has 45 nitrogen and oxygen atoms in total. The van der Waals surface area contributed by atoms with Crippen molar-refractivity contribution in [1.29, 1.82) is 0 Å². The predicted octanol–water partition coefficient (Wildman–Crippen LogP) is 5.41. The Morgan fingerprint density at radius 1 is 0.307 bits per heavy atom. The lowest BCUT2D eigenvalue weighted by atomic mass is 9.86. The normalized spacial score (nSPS) is 32.6. The number of Topliss-reactive ketones (excluding diaryl/α,β-unsaturated/α-hetero) is 3. The molecule has 29 atom stereocenters. The van der Waals surface area contributed by atoms with Crippen molar-refractivity contribution < 1.29 is 214 Å². The number of aliphatic hydroxyl groups is 9. The summed E-state index contributed by atoms with van der Waals surface area (Å²) in [5, 5.41) is 89.8. The van der Waals surface area contributed by atoms with E-state index in [1.807, 2.05) is 20.8 Å². The standard InChI is InChI=1S/C77H143O45P5/c1-50-60(41-78)117-74(51(2)69(50)85)103-45-54(82)26-17-12-9-15-21-30-101-67-39-58(121-126(96,97)109-33-23-32-106-77(5,6)7)64(115-67)48-112-124(92,93)108-35-25-37-111-127(98,99)122-59-40-68(102-31-22-16-10-13-19-28-56(84)47-105-76-53(4)71(87)73(89)63(44-81)119-76)116-65(59)49-113-123(90,91)107-34-24-36-110-125(94,95)120-57-38-66(114-61(57)42-79)100-29-20-14-8-11-18-27-55(83)46-104-75-52(3)70(86)72(88)62(43-80)118-75/h50-53,57-76,78-81,85-89H,8-49H2,1-7H3,(H,90,91)(H,92,93)(H,94,95)(H,96,97)(H,98,99)/t50-,51?,52?,53?,57?,58+,59+,60?,61+,62?,63?,64?,65?,66+,67+,68+,69-,70+,71+,72-,73-,74+,75+,76+/m0/s1. The van der Waals surface area contributed by atoms with Crippen LogP contribution in [0.15, 0.2) is 0 Å². The number of phosphoric ester groups is 5. The number of carbonyl (C=O) groups is 3. The molecule has 6 aliphatic rings. The Kier molecular flexibility index (Phi) is 52.6.